The van der Waals surface area contributed by atoms with Gasteiger partial charge in [-0.1, -0.05) is 11.6 Å². The second kappa shape index (κ2) is 8.66. The number of nitrogens with two attached hydrogens (primary N) is 1. The van der Waals surface area contributed by atoms with Gasteiger partial charge in [0.05, 0.1) is 18.2 Å². The van der Waals surface area contributed by atoms with E-state index in [0.29, 0.717) is 27.5 Å². The number of aromatic nitrogens is 3. The number of halogens is 1. The molecule has 10 nitrogen and oxygen atoms in total. The van der Waals surface area contributed by atoms with Gasteiger partial charge in [0, 0.05) is 54.6 Å². The third-order valence-electron chi connectivity index (χ3n) is 4.77. The molecule has 0 aliphatic heterocycles. The maximum atomic E-state index is 13.1. The van der Waals surface area contributed by atoms with Gasteiger partial charge in [0.15, 0.2) is 0 Å². The van der Waals surface area contributed by atoms with Crippen molar-refractivity contribution >= 4 is 33.9 Å². The Hall–Kier alpha value is -2.57. The molecule has 0 fully saturated rings. The van der Waals surface area contributed by atoms with E-state index in [2.05, 4.69) is 9.71 Å². The standard InChI is InChI=1S/C18H20ClN5O5S/c1-23-16-15(17(25)24(2)18(23)26)14(10-5-4-9(19)6-13(10)29-3)11(7-20)12(22-16)8-21-30(27)28/h4-6,21H,7-8,20H2,1-3H3,(H,27,28)/p-1. The zero-order chi connectivity index (χ0) is 22.2. The second-order valence-electron chi connectivity index (χ2n) is 6.42. The number of nitrogens with zero attached hydrogens (tertiary/aromatic N) is 3. The molecule has 0 radical (unpaired) electrons. The highest BCUT2D eigenvalue weighted by molar-refractivity contribution is 7.77. The molecule has 0 saturated heterocycles. The number of hydrogen-bond donors (Lipinski definition) is 2. The predicted octanol–water partition coefficient (Wildman–Crippen LogP) is 0.304. The third-order valence-corrected chi connectivity index (χ3v) is 5.38. The Labute approximate surface area is 178 Å². The first kappa shape index (κ1) is 22.1. The van der Waals surface area contributed by atoms with Crippen LogP contribution in [0.15, 0.2) is 27.8 Å². The van der Waals surface area contributed by atoms with Crippen LogP contribution < -0.4 is 26.4 Å². The Kier molecular flexibility index (Phi) is 6.38. The van der Waals surface area contributed by atoms with Crippen LogP contribution in [-0.4, -0.2) is 30.0 Å². The molecule has 2 heterocycles. The lowest BCUT2D eigenvalue weighted by atomic mass is 9.94. The Bertz CT molecular complexity index is 1290. The summed E-state index contributed by atoms with van der Waals surface area (Å²) in [7, 11) is 4.30. The average molecular weight is 453 g/mol. The van der Waals surface area contributed by atoms with E-state index in [1.54, 1.807) is 18.2 Å². The molecule has 1 atom stereocenters. The molecule has 0 spiro atoms. The summed E-state index contributed by atoms with van der Waals surface area (Å²) in [6, 6.07) is 4.88. The summed E-state index contributed by atoms with van der Waals surface area (Å²) in [6.45, 7) is -0.219. The molecule has 30 heavy (non-hydrogen) atoms. The predicted molar refractivity (Wildman–Crippen MR) is 113 cm³/mol. The summed E-state index contributed by atoms with van der Waals surface area (Å²) >= 11 is 3.54. The molecule has 3 rings (SSSR count). The Morgan fingerprint density at radius 2 is 2.00 bits per heavy atom. The number of methoxy groups -OCH3 is 1. The van der Waals surface area contributed by atoms with E-state index in [-0.39, 0.29) is 29.8 Å². The van der Waals surface area contributed by atoms with Crippen LogP contribution in [0.3, 0.4) is 0 Å². The fraction of sp³-hybridized carbons (Fsp3) is 0.278. The van der Waals surface area contributed by atoms with E-state index in [0.717, 1.165) is 4.57 Å². The van der Waals surface area contributed by atoms with Gasteiger partial charge >= 0.3 is 5.69 Å². The summed E-state index contributed by atoms with van der Waals surface area (Å²) in [4.78, 5) is 30.0. The number of aryl methyl sites for hydroxylation is 1. The lowest BCUT2D eigenvalue weighted by molar-refractivity contribution is 0.416. The molecule has 12 heteroatoms. The highest BCUT2D eigenvalue weighted by Gasteiger charge is 2.23. The first-order chi connectivity index (χ1) is 14.2. The summed E-state index contributed by atoms with van der Waals surface area (Å²) in [6.07, 6.45) is 0. The summed E-state index contributed by atoms with van der Waals surface area (Å²) in [5, 5.41) is 0.583. The first-order valence-corrected chi connectivity index (χ1v) is 10.1. The molecular formula is C18H19ClN5O5S-. The van der Waals surface area contributed by atoms with Crippen molar-refractivity contribution < 1.29 is 13.5 Å². The lowest BCUT2D eigenvalue weighted by Crippen LogP contribution is -2.38. The van der Waals surface area contributed by atoms with Crippen LogP contribution >= 0.6 is 11.6 Å². The largest absolute Gasteiger partial charge is 0.760 e. The van der Waals surface area contributed by atoms with Crippen molar-refractivity contribution in [2.24, 2.45) is 19.8 Å². The number of rotatable bonds is 6. The van der Waals surface area contributed by atoms with Crippen LogP contribution in [-0.2, 0) is 38.5 Å². The highest BCUT2D eigenvalue weighted by atomic mass is 35.5. The molecule has 3 N–H and O–H groups in total. The van der Waals surface area contributed by atoms with Crippen LogP contribution in [0.1, 0.15) is 11.3 Å². The smallest absolute Gasteiger partial charge is 0.332 e. The molecule has 1 aromatic carbocycles. The van der Waals surface area contributed by atoms with Gasteiger partial charge in [-0.15, -0.1) is 0 Å². The molecule has 1 unspecified atom stereocenters. The van der Waals surface area contributed by atoms with Crippen molar-refractivity contribution in [2.75, 3.05) is 7.11 Å². The number of pyridine rings is 1. The zero-order valence-electron chi connectivity index (χ0n) is 16.4. The molecule has 0 bridgehead atoms. The van der Waals surface area contributed by atoms with Gasteiger partial charge in [-0.3, -0.25) is 18.1 Å². The fourth-order valence-corrected chi connectivity index (χ4v) is 3.75. The van der Waals surface area contributed by atoms with Gasteiger partial charge in [0.2, 0.25) is 0 Å². The highest BCUT2D eigenvalue weighted by Crippen LogP contribution is 2.38. The maximum Gasteiger partial charge on any atom is 0.332 e. The van der Waals surface area contributed by atoms with E-state index < -0.39 is 22.5 Å². The molecule has 160 valence electrons. The van der Waals surface area contributed by atoms with E-state index in [4.69, 9.17) is 22.1 Å². The number of benzene rings is 1. The summed E-state index contributed by atoms with van der Waals surface area (Å²) in [5.41, 5.74) is 6.60. The monoisotopic (exact) mass is 452 g/mol. The lowest BCUT2D eigenvalue weighted by Gasteiger charge is -2.20. The van der Waals surface area contributed by atoms with Crippen molar-refractivity contribution in [3.05, 3.63) is 55.3 Å². The quantitative estimate of drug-likeness (QED) is 0.512. The molecule has 0 saturated carbocycles. The van der Waals surface area contributed by atoms with E-state index in [1.165, 1.54) is 25.8 Å². The first-order valence-electron chi connectivity index (χ1n) is 8.69. The fourth-order valence-electron chi connectivity index (χ4n) is 3.34. The number of ether oxygens (including phenoxy) is 1. The van der Waals surface area contributed by atoms with Crippen LogP contribution in [0.2, 0.25) is 5.02 Å². The summed E-state index contributed by atoms with van der Waals surface area (Å²) < 4.78 is 32.0. The number of hydrogen-bond acceptors (Lipinski definition) is 7. The molecule has 0 aliphatic rings. The average Bonchev–Trinajstić information content (AvgIpc) is 2.73. The van der Waals surface area contributed by atoms with Crippen LogP contribution in [0, 0.1) is 0 Å². The van der Waals surface area contributed by atoms with Crippen molar-refractivity contribution in [3.8, 4) is 16.9 Å². The van der Waals surface area contributed by atoms with Gasteiger partial charge < -0.3 is 15.0 Å². The maximum absolute atomic E-state index is 13.1. The molecule has 0 amide bonds. The Balaban J connectivity index is 2.57. The van der Waals surface area contributed by atoms with Crippen molar-refractivity contribution in [2.45, 2.75) is 13.1 Å². The minimum absolute atomic E-state index is 0.0431. The minimum Gasteiger partial charge on any atom is -0.760 e. The van der Waals surface area contributed by atoms with Gasteiger partial charge in [-0.2, -0.15) is 0 Å². The SMILES string of the molecule is COc1cc(Cl)ccc1-c1c(CN)c(CNS(=O)[O-])nc2c1c(=O)n(C)c(=O)n2C. The van der Waals surface area contributed by atoms with Crippen LogP contribution in [0.4, 0.5) is 0 Å². The third kappa shape index (κ3) is 3.77. The van der Waals surface area contributed by atoms with E-state index in [9.17, 15) is 18.4 Å². The van der Waals surface area contributed by atoms with Crippen LogP contribution in [0.25, 0.3) is 22.2 Å². The van der Waals surface area contributed by atoms with Crippen molar-refractivity contribution in [3.63, 3.8) is 0 Å². The van der Waals surface area contributed by atoms with Crippen molar-refractivity contribution in [1.82, 2.24) is 18.8 Å². The molecule has 0 aliphatic carbocycles. The molecule has 3 aromatic rings. The number of nitrogens with one attached hydrogen (secondary N) is 1. The Morgan fingerprint density at radius 3 is 2.60 bits per heavy atom. The van der Waals surface area contributed by atoms with Gasteiger partial charge in [-0.05, 0) is 23.8 Å². The Morgan fingerprint density at radius 1 is 1.30 bits per heavy atom. The second-order valence-corrected chi connectivity index (χ2v) is 7.62. The van der Waals surface area contributed by atoms with Gasteiger partial charge in [0.1, 0.15) is 11.4 Å². The molecule has 2 aromatic heterocycles. The van der Waals surface area contributed by atoms with E-state index in [1.807, 2.05) is 0 Å². The molecular weight excluding hydrogens is 434 g/mol. The minimum atomic E-state index is -2.55. The van der Waals surface area contributed by atoms with Crippen LogP contribution in [0.5, 0.6) is 5.75 Å². The van der Waals surface area contributed by atoms with Gasteiger partial charge in [0.25, 0.3) is 5.56 Å². The zero-order valence-corrected chi connectivity index (χ0v) is 18.0. The topological polar surface area (TPSA) is 144 Å². The summed E-state index contributed by atoms with van der Waals surface area (Å²) in [5.74, 6) is 0.381. The van der Waals surface area contributed by atoms with Crippen molar-refractivity contribution in [1.29, 1.82) is 0 Å². The number of fused-ring (bicyclic) bond motifs is 1. The normalized spacial score (nSPS) is 12.3. The van der Waals surface area contributed by atoms with E-state index >= 15 is 0 Å². The van der Waals surface area contributed by atoms with Gasteiger partial charge in [-0.25, -0.2) is 14.5 Å².